The van der Waals surface area contributed by atoms with Gasteiger partial charge in [0.2, 0.25) is 17.7 Å². The highest BCUT2D eigenvalue weighted by Crippen LogP contribution is 2.77. The highest BCUT2D eigenvalue weighted by molar-refractivity contribution is 6.66. The molecule has 158 valence electrons. The number of hydrogen-bond donors (Lipinski definition) is 0. The molecular formula is C19H12Cl6N2O3. The number of rotatable bonds is 2. The number of anilines is 1. The van der Waals surface area contributed by atoms with Crippen LogP contribution in [0.1, 0.15) is 5.56 Å². The second-order valence-electron chi connectivity index (χ2n) is 7.77. The van der Waals surface area contributed by atoms with Crippen LogP contribution < -0.4 is 4.90 Å². The molecule has 0 aromatic heterocycles. The minimum Gasteiger partial charge on any atom is -0.310 e. The molecule has 2 fully saturated rings. The van der Waals surface area contributed by atoms with E-state index in [2.05, 4.69) is 0 Å². The third kappa shape index (κ3) is 2.17. The first-order valence-corrected chi connectivity index (χ1v) is 11.3. The van der Waals surface area contributed by atoms with E-state index in [1.807, 2.05) is 24.3 Å². The summed E-state index contributed by atoms with van der Waals surface area (Å²) >= 11 is 38.8. The first kappa shape index (κ1) is 21.2. The van der Waals surface area contributed by atoms with Gasteiger partial charge in [0, 0.05) is 12.2 Å². The third-order valence-electron chi connectivity index (χ3n) is 6.48. The van der Waals surface area contributed by atoms with Crippen LogP contribution in [0.15, 0.2) is 34.3 Å². The van der Waals surface area contributed by atoms with E-state index < -0.39 is 50.2 Å². The number of hydrogen-bond acceptors (Lipinski definition) is 3. The standard InChI is InChI=1S/C19H12Cl6N2O3/c20-13-14(21)18(23)12-11(17(13,22)19(18,24)25)15(29)27(16(12)30)7-10(28)26-6-5-8-3-1-2-4-9(8)26/h1-4,11-12H,5-7H2/t11-,12+,17-,18-/m1/s1. The Morgan fingerprint density at radius 3 is 2.07 bits per heavy atom. The summed E-state index contributed by atoms with van der Waals surface area (Å²) in [6.07, 6.45) is 0.695. The van der Waals surface area contributed by atoms with Crippen molar-refractivity contribution in [2.24, 2.45) is 11.8 Å². The van der Waals surface area contributed by atoms with Crippen LogP contribution in [0, 0.1) is 11.8 Å². The molecule has 5 nitrogen and oxygen atoms in total. The topological polar surface area (TPSA) is 57.7 Å². The molecular weight excluding hydrogens is 517 g/mol. The van der Waals surface area contributed by atoms with Crippen molar-refractivity contribution in [1.82, 2.24) is 4.90 Å². The smallest absolute Gasteiger partial charge is 0.247 e. The molecule has 1 aromatic carbocycles. The number of carbonyl (C=O) groups is 3. The van der Waals surface area contributed by atoms with E-state index in [1.54, 1.807) is 4.90 Å². The number of halogens is 6. The Morgan fingerprint density at radius 2 is 1.50 bits per heavy atom. The van der Waals surface area contributed by atoms with E-state index in [4.69, 9.17) is 69.6 Å². The average Bonchev–Trinajstić information content (AvgIpc) is 3.31. The maximum Gasteiger partial charge on any atom is 0.247 e. The van der Waals surface area contributed by atoms with Gasteiger partial charge < -0.3 is 4.90 Å². The quantitative estimate of drug-likeness (QED) is 0.430. The predicted molar refractivity (Wildman–Crippen MR) is 117 cm³/mol. The Balaban J connectivity index is 1.48. The van der Waals surface area contributed by atoms with Crippen LogP contribution >= 0.6 is 69.6 Å². The predicted octanol–water partition coefficient (Wildman–Crippen LogP) is 4.02. The largest absolute Gasteiger partial charge is 0.310 e. The maximum atomic E-state index is 13.2. The highest BCUT2D eigenvalue weighted by Gasteiger charge is 2.87. The fourth-order valence-corrected chi connectivity index (χ4v) is 7.96. The first-order chi connectivity index (χ1) is 14.0. The summed E-state index contributed by atoms with van der Waals surface area (Å²) in [7, 11) is 0. The summed E-state index contributed by atoms with van der Waals surface area (Å²) in [6, 6.07) is 7.47. The number of amides is 3. The Kier molecular flexibility index (Phi) is 4.54. The Bertz CT molecular complexity index is 1030. The second kappa shape index (κ2) is 6.43. The SMILES string of the molecule is O=C1[C@@H]2[C@H](C(=O)N1CC(=O)N1CCc3ccccc31)[C@@]1(Cl)C(Cl)=C(Cl)[C@@]2(Cl)C1(Cl)Cl. The third-order valence-corrected chi connectivity index (χ3v) is 10.7. The van der Waals surface area contributed by atoms with Crippen molar-refractivity contribution in [3.8, 4) is 0 Å². The lowest BCUT2D eigenvalue weighted by atomic mass is 9.84. The molecule has 5 rings (SSSR count). The maximum absolute atomic E-state index is 13.2. The lowest BCUT2D eigenvalue weighted by Gasteiger charge is -2.34. The van der Waals surface area contributed by atoms with Crippen molar-refractivity contribution in [2.75, 3.05) is 18.0 Å². The Morgan fingerprint density at radius 1 is 0.967 bits per heavy atom. The number of benzene rings is 1. The van der Waals surface area contributed by atoms with Crippen molar-refractivity contribution in [3.63, 3.8) is 0 Å². The van der Waals surface area contributed by atoms with Gasteiger partial charge in [-0.3, -0.25) is 19.3 Å². The highest BCUT2D eigenvalue weighted by atomic mass is 35.5. The molecule has 1 saturated heterocycles. The minimum atomic E-state index is -1.98. The summed E-state index contributed by atoms with van der Waals surface area (Å²) in [5, 5.41) is -0.315. The molecule has 0 spiro atoms. The molecule has 4 atom stereocenters. The van der Waals surface area contributed by atoms with E-state index in [0.717, 1.165) is 16.2 Å². The fraction of sp³-hybridized carbons (Fsp3) is 0.421. The number of likely N-dealkylation sites (tertiary alicyclic amines) is 1. The van der Waals surface area contributed by atoms with Gasteiger partial charge in [-0.1, -0.05) is 64.6 Å². The summed E-state index contributed by atoms with van der Waals surface area (Å²) in [5.41, 5.74) is 1.79. The van der Waals surface area contributed by atoms with Crippen molar-refractivity contribution in [1.29, 1.82) is 0 Å². The van der Waals surface area contributed by atoms with Gasteiger partial charge in [0.05, 0.1) is 21.9 Å². The molecule has 2 heterocycles. The lowest BCUT2D eigenvalue weighted by molar-refractivity contribution is -0.143. The molecule has 2 aliphatic heterocycles. The Labute approximate surface area is 201 Å². The summed E-state index contributed by atoms with van der Waals surface area (Å²) in [6.45, 7) is 0.0115. The van der Waals surface area contributed by atoms with Gasteiger partial charge in [-0.15, -0.1) is 23.2 Å². The zero-order valence-electron chi connectivity index (χ0n) is 15.0. The number of fused-ring (bicyclic) bond motifs is 6. The van der Waals surface area contributed by atoms with Gasteiger partial charge in [-0.25, -0.2) is 0 Å². The summed E-state index contributed by atoms with van der Waals surface area (Å²) < 4.78 is -1.98. The van der Waals surface area contributed by atoms with Crippen LogP contribution in [-0.2, 0) is 20.8 Å². The normalized spacial score (nSPS) is 36.1. The Hall–Kier alpha value is -0.690. The molecule has 2 aliphatic carbocycles. The number of para-hydroxylation sites is 1. The van der Waals surface area contributed by atoms with Crippen LogP contribution in [-0.4, -0.2) is 49.8 Å². The molecule has 0 N–H and O–H groups in total. The van der Waals surface area contributed by atoms with E-state index in [1.165, 1.54) is 0 Å². The van der Waals surface area contributed by atoms with Gasteiger partial charge in [-0.2, -0.15) is 0 Å². The minimum absolute atomic E-state index is 0.158. The number of imide groups is 1. The molecule has 11 heteroatoms. The van der Waals surface area contributed by atoms with Crippen molar-refractivity contribution < 1.29 is 14.4 Å². The van der Waals surface area contributed by atoms with E-state index in [-0.39, 0.29) is 10.1 Å². The molecule has 1 aromatic rings. The lowest BCUT2D eigenvalue weighted by Crippen LogP contribution is -2.51. The van der Waals surface area contributed by atoms with Gasteiger partial charge in [0.15, 0.2) is 4.33 Å². The van der Waals surface area contributed by atoms with Crippen LogP contribution in [0.3, 0.4) is 0 Å². The van der Waals surface area contributed by atoms with Crippen LogP contribution in [0.2, 0.25) is 0 Å². The number of allylic oxidation sites excluding steroid dienone is 2. The molecule has 0 unspecified atom stereocenters. The fourth-order valence-electron chi connectivity index (χ4n) is 5.03. The van der Waals surface area contributed by atoms with Gasteiger partial charge in [0.25, 0.3) is 0 Å². The van der Waals surface area contributed by atoms with Crippen LogP contribution in [0.25, 0.3) is 0 Å². The molecule has 3 amide bonds. The summed E-state index contributed by atoms with van der Waals surface area (Å²) in [5.74, 6) is -4.25. The first-order valence-electron chi connectivity index (χ1n) is 9.05. The zero-order valence-corrected chi connectivity index (χ0v) is 19.5. The van der Waals surface area contributed by atoms with Crippen LogP contribution in [0.4, 0.5) is 5.69 Å². The molecule has 30 heavy (non-hydrogen) atoms. The van der Waals surface area contributed by atoms with Crippen LogP contribution in [0.5, 0.6) is 0 Å². The molecule has 2 bridgehead atoms. The van der Waals surface area contributed by atoms with E-state index >= 15 is 0 Å². The molecule has 4 aliphatic rings. The second-order valence-corrected chi connectivity index (χ2v) is 11.0. The number of nitrogens with zero attached hydrogens (tertiary/aromatic N) is 2. The molecule has 0 radical (unpaired) electrons. The van der Waals surface area contributed by atoms with Crippen molar-refractivity contribution >= 4 is 93.0 Å². The zero-order chi connectivity index (χ0) is 21.8. The van der Waals surface area contributed by atoms with Crippen molar-refractivity contribution in [3.05, 3.63) is 39.9 Å². The summed E-state index contributed by atoms with van der Waals surface area (Å²) in [4.78, 5) is 38.1. The average molecular weight is 529 g/mol. The van der Waals surface area contributed by atoms with Gasteiger partial charge in [-0.05, 0) is 18.1 Å². The van der Waals surface area contributed by atoms with Crippen molar-refractivity contribution in [2.45, 2.75) is 20.5 Å². The van der Waals surface area contributed by atoms with Gasteiger partial charge in [0.1, 0.15) is 16.3 Å². The van der Waals surface area contributed by atoms with Gasteiger partial charge >= 0.3 is 0 Å². The number of carbonyl (C=O) groups excluding carboxylic acids is 3. The molecule has 1 saturated carbocycles. The van der Waals surface area contributed by atoms with E-state index in [0.29, 0.717) is 13.0 Å². The van der Waals surface area contributed by atoms with E-state index in [9.17, 15) is 14.4 Å². The number of alkyl halides is 4. The monoisotopic (exact) mass is 526 g/mol.